The molecule has 1 rings (SSSR count). The van der Waals surface area contributed by atoms with Crippen molar-refractivity contribution in [2.24, 2.45) is 5.41 Å². The topological polar surface area (TPSA) is 20.2 Å². The molecule has 1 fully saturated rings. The van der Waals surface area contributed by atoms with E-state index in [1.54, 1.807) is 0 Å². The highest BCUT2D eigenvalue weighted by molar-refractivity contribution is 5.85. The fourth-order valence-corrected chi connectivity index (χ4v) is 0.851. The molecule has 50 valence electrons. The summed E-state index contributed by atoms with van der Waals surface area (Å²) in [6.45, 7) is 4.20. The fourth-order valence-electron chi connectivity index (χ4n) is 0.851. The van der Waals surface area contributed by atoms with Gasteiger partial charge in [0.25, 0.3) is 0 Å². The molecule has 0 aromatic heterocycles. The van der Waals surface area contributed by atoms with Gasteiger partial charge in [-0.25, -0.2) is 0 Å². The Labute approximate surface area is 56.5 Å². The summed E-state index contributed by atoms with van der Waals surface area (Å²) in [5, 5.41) is 8.98. The van der Waals surface area contributed by atoms with Crippen LogP contribution in [-0.2, 0) is 0 Å². The lowest BCUT2D eigenvalue weighted by Gasteiger charge is -2.40. The Morgan fingerprint density at radius 3 is 1.88 bits per heavy atom. The minimum Gasteiger partial charge on any atom is -0.393 e. The van der Waals surface area contributed by atoms with Crippen LogP contribution in [0.3, 0.4) is 0 Å². The molecule has 1 aliphatic rings. The zero-order valence-corrected chi connectivity index (χ0v) is 6.16. The smallest absolute Gasteiger partial charge is 0.0591 e. The van der Waals surface area contributed by atoms with Crippen LogP contribution >= 0.6 is 12.4 Å². The number of hydrogen-bond acceptors (Lipinski definition) is 1. The molecule has 0 amide bonds. The van der Waals surface area contributed by atoms with Crippen molar-refractivity contribution < 1.29 is 5.11 Å². The number of halogens is 1. The van der Waals surface area contributed by atoms with E-state index in [-0.39, 0.29) is 23.9 Å². The third kappa shape index (κ3) is 1.15. The van der Waals surface area contributed by atoms with Crippen molar-refractivity contribution in [1.82, 2.24) is 0 Å². The number of hydrogen-bond donors (Lipinski definition) is 1. The van der Waals surface area contributed by atoms with Crippen LogP contribution in [0.4, 0.5) is 0 Å². The van der Waals surface area contributed by atoms with E-state index in [1.807, 2.05) is 0 Å². The Morgan fingerprint density at radius 2 is 1.88 bits per heavy atom. The molecule has 0 bridgehead atoms. The Hall–Kier alpha value is 0.250. The van der Waals surface area contributed by atoms with Gasteiger partial charge in [0.05, 0.1) is 6.10 Å². The molecule has 1 atom stereocenters. The molecule has 1 aliphatic carbocycles. The van der Waals surface area contributed by atoms with Gasteiger partial charge in [0.15, 0.2) is 0 Å². The molecular formula is C6H13ClO. The molecule has 0 saturated heterocycles. The molecule has 1 N–H and O–H groups in total. The molecule has 0 spiro atoms. The first-order chi connectivity index (χ1) is 3.13. The number of rotatable bonds is 0. The molecule has 0 aromatic carbocycles. The van der Waals surface area contributed by atoms with E-state index in [2.05, 4.69) is 13.8 Å². The summed E-state index contributed by atoms with van der Waals surface area (Å²) >= 11 is 0. The second kappa shape index (κ2) is 2.24. The van der Waals surface area contributed by atoms with Crippen molar-refractivity contribution in [3.8, 4) is 0 Å². The fraction of sp³-hybridized carbons (Fsp3) is 1.00. The average Bonchev–Trinajstić information content (AvgIpc) is 1.63. The first-order valence-electron chi connectivity index (χ1n) is 2.81. The van der Waals surface area contributed by atoms with E-state index in [1.165, 1.54) is 6.42 Å². The van der Waals surface area contributed by atoms with Gasteiger partial charge >= 0.3 is 0 Å². The SMILES string of the molecule is CC1(C)CCC1O.Cl. The first-order valence-corrected chi connectivity index (χ1v) is 2.81. The predicted molar refractivity (Wildman–Crippen MR) is 36.3 cm³/mol. The highest BCUT2D eigenvalue weighted by Gasteiger charge is 2.36. The summed E-state index contributed by atoms with van der Waals surface area (Å²) < 4.78 is 0. The van der Waals surface area contributed by atoms with Gasteiger partial charge in [-0.15, -0.1) is 12.4 Å². The van der Waals surface area contributed by atoms with Crippen molar-refractivity contribution >= 4 is 12.4 Å². The second-order valence-corrected chi connectivity index (χ2v) is 3.04. The van der Waals surface area contributed by atoms with Gasteiger partial charge in [-0.1, -0.05) is 13.8 Å². The van der Waals surface area contributed by atoms with Gasteiger partial charge < -0.3 is 5.11 Å². The van der Waals surface area contributed by atoms with Crippen LogP contribution in [0.15, 0.2) is 0 Å². The third-order valence-electron chi connectivity index (χ3n) is 1.96. The van der Waals surface area contributed by atoms with Gasteiger partial charge in [-0.2, -0.15) is 0 Å². The van der Waals surface area contributed by atoms with E-state index in [0.717, 1.165) is 6.42 Å². The molecule has 2 heteroatoms. The summed E-state index contributed by atoms with van der Waals surface area (Å²) in [5.41, 5.74) is 0.236. The lowest BCUT2D eigenvalue weighted by molar-refractivity contribution is -0.0383. The maximum atomic E-state index is 8.98. The number of aliphatic hydroxyl groups excluding tert-OH is 1. The minimum absolute atomic E-state index is 0. The van der Waals surface area contributed by atoms with Gasteiger partial charge in [0.1, 0.15) is 0 Å². The minimum atomic E-state index is -0.0208. The molecule has 0 aliphatic heterocycles. The van der Waals surface area contributed by atoms with E-state index >= 15 is 0 Å². The summed E-state index contributed by atoms with van der Waals surface area (Å²) in [6, 6.07) is 0. The van der Waals surface area contributed by atoms with Crippen LogP contribution < -0.4 is 0 Å². The molecule has 0 radical (unpaired) electrons. The molecule has 0 aromatic rings. The van der Waals surface area contributed by atoms with Crippen molar-refractivity contribution in [2.75, 3.05) is 0 Å². The van der Waals surface area contributed by atoms with Crippen molar-refractivity contribution in [1.29, 1.82) is 0 Å². The second-order valence-electron chi connectivity index (χ2n) is 3.04. The van der Waals surface area contributed by atoms with Gasteiger partial charge in [0.2, 0.25) is 0 Å². The molecule has 0 heterocycles. The van der Waals surface area contributed by atoms with Crippen LogP contribution in [0.5, 0.6) is 0 Å². The van der Waals surface area contributed by atoms with E-state index in [9.17, 15) is 0 Å². The van der Waals surface area contributed by atoms with Crippen LogP contribution in [0.1, 0.15) is 26.7 Å². The zero-order valence-electron chi connectivity index (χ0n) is 5.35. The molecule has 1 unspecified atom stereocenters. The Morgan fingerprint density at radius 1 is 1.50 bits per heavy atom. The maximum absolute atomic E-state index is 8.98. The normalized spacial score (nSPS) is 32.6. The monoisotopic (exact) mass is 136 g/mol. The lowest BCUT2D eigenvalue weighted by atomic mass is 9.69. The maximum Gasteiger partial charge on any atom is 0.0591 e. The van der Waals surface area contributed by atoms with Crippen LogP contribution in [0.2, 0.25) is 0 Å². The summed E-state index contributed by atoms with van der Waals surface area (Å²) in [6.07, 6.45) is 2.17. The van der Waals surface area contributed by atoms with Crippen LogP contribution in [-0.4, -0.2) is 11.2 Å². The standard InChI is InChI=1S/C6H12O.ClH/c1-6(2)4-3-5(6)7;/h5,7H,3-4H2,1-2H3;1H. The summed E-state index contributed by atoms with van der Waals surface area (Å²) in [7, 11) is 0. The molecule has 8 heavy (non-hydrogen) atoms. The Kier molecular flexibility index (Phi) is 2.31. The zero-order chi connectivity index (χ0) is 5.49. The first kappa shape index (κ1) is 8.25. The van der Waals surface area contributed by atoms with Crippen LogP contribution in [0.25, 0.3) is 0 Å². The predicted octanol–water partition coefficient (Wildman–Crippen LogP) is 1.59. The Bertz CT molecular complexity index is 80.6. The van der Waals surface area contributed by atoms with E-state index in [0.29, 0.717) is 0 Å². The van der Waals surface area contributed by atoms with E-state index < -0.39 is 0 Å². The van der Waals surface area contributed by atoms with Gasteiger partial charge in [-0.3, -0.25) is 0 Å². The molecule has 1 saturated carbocycles. The van der Waals surface area contributed by atoms with Gasteiger partial charge in [0, 0.05) is 0 Å². The van der Waals surface area contributed by atoms with Gasteiger partial charge in [-0.05, 0) is 18.3 Å². The molecule has 1 nitrogen and oxygen atoms in total. The largest absolute Gasteiger partial charge is 0.393 e. The van der Waals surface area contributed by atoms with Crippen molar-refractivity contribution in [3.05, 3.63) is 0 Å². The van der Waals surface area contributed by atoms with Crippen molar-refractivity contribution in [2.45, 2.75) is 32.8 Å². The summed E-state index contributed by atoms with van der Waals surface area (Å²) in [4.78, 5) is 0. The quantitative estimate of drug-likeness (QED) is 0.536. The summed E-state index contributed by atoms with van der Waals surface area (Å²) in [5.74, 6) is 0. The molecular weight excluding hydrogens is 124 g/mol. The highest BCUT2D eigenvalue weighted by atomic mass is 35.5. The van der Waals surface area contributed by atoms with Crippen LogP contribution in [0, 0.1) is 5.41 Å². The third-order valence-corrected chi connectivity index (χ3v) is 1.96. The average molecular weight is 137 g/mol. The lowest BCUT2D eigenvalue weighted by Crippen LogP contribution is -2.39. The van der Waals surface area contributed by atoms with E-state index in [4.69, 9.17) is 5.11 Å². The number of aliphatic hydroxyl groups is 1. The van der Waals surface area contributed by atoms with Crippen molar-refractivity contribution in [3.63, 3.8) is 0 Å². The Balaban J connectivity index is 0.000000490. The highest BCUT2D eigenvalue weighted by Crippen LogP contribution is 2.39.